The van der Waals surface area contributed by atoms with Crippen LogP contribution in [0.1, 0.15) is 29.9 Å². The van der Waals surface area contributed by atoms with Crippen LogP contribution in [-0.4, -0.2) is 44.8 Å². The lowest BCUT2D eigenvalue weighted by Gasteiger charge is -2.16. The Labute approximate surface area is 179 Å². The fraction of sp³-hybridized carbons (Fsp3) is 0.435. The van der Waals surface area contributed by atoms with Crippen molar-refractivity contribution in [2.75, 3.05) is 18.1 Å². The second-order valence-electron chi connectivity index (χ2n) is 7.94. The highest BCUT2D eigenvalue weighted by atomic mass is 32.2. The van der Waals surface area contributed by atoms with Gasteiger partial charge in [0.1, 0.15) is 11.5 Å². The molecule has 0 N–H and O–H groups in total. The Hall–Kier alpha value is -2.72. The lowest BCUT2D eigenvalue weighted by atomic mass is 9.86. The fourth-order valence-electron chi connectivity index (χ4n) is 4.32. The van der Waals surface area contributed by atoms with E-state index in [4.69, 9.17) is 11.1 Å². The van der Waals surface area contributed by atoms with Gasteiger partial charge in [-0.2, -0.15) is 10.5 Å². The van der Waals surface area contributed by atoms with Gasteiger partial charge in [-0.05, 0) is 43.3 Å². The van der Waals surface area contributed by atoms with Gasteiger partial charge in [0.15, 0.2) is 5.78 Å². The summed E-state index contributed by atoms with van der Waals surface area (Å²) in [5.74, 6) is 1.44. The third-order valence-corrected chi connectivity index (χ3v) is 8.22. The Kier molecular flexibility index (Phi) is 6.14. The first kappa shape index (κ1) is 20.5. The van der Waals surface area contributed by atoms with E-state index in [1.54, 1.807) is 4.90 Å². The molecule has 2 aromatic rings. The van der Waals surface area contributed by atoms with Crippen molar-refractivity contribution in [3.63, 3.8) is 0 Å². The number of amides is 1. The van der Waals surface area contributed by atoms with Crippen molar-refractivity contribution >= 4 is 27.2 Å². The molecule has 0 saturated carbocycles. The van der Waals surface area contributed by atoms with Gasteiger partial charge in [-0.3, -0.25) is 4.79 Å². The molecule has 1 aromatic carbocycles. The Morgan fingerprint density at radius 2 is 2.03 bits per heavy atom. The number of aromatic nitrogens is 1. The van der Waals surface area contributed by atoms with E-state index in [0.717, 1.165) is 29.9 Å². The van der Waals surface area contributed by atoms with Crippen molar-refractivity contribution in [1.82, 2.24) is 10.1 Å². The summed E-state index contributed by atoms with van der Waals surface area (Å²) in [6, 6.07) is 11.6. The molecule has 2 saturated heterocycles. The molecule has 4 rings (SSSR count). The molecule has 0 unspecified atom stereocenters. The van der Waals surface area contributed by atoms with Crippen LogP contribution in [0.2, 0.25) is 0 Å². The van der Waals surface area contributed by atoms with E-state index in [2.05, 4.69) is 10.0 Å². The molecule has 156 valence electrons. The lowest BCUT2D eigenvalue weighted by molar-refractivity contribution is -0.132. The van der Waals surface area contributed by atoms with E-state index in [9.17, 15) is 9.59 Å². The zero-order valence-electron chi connectivity index (χ0n) is 17.0. The number of Topliss-reactive ketones (excluding diaryl/α,β-unsaturated/α-hetero) is 1. The monoisotopic (exact) mass is 423 g/mol. The van der Waals surface area contributed by atoms with Gasteiger partial charge >= 0.3 is 0 Å². The zero-order chi connectivity index (χ0) is 21.1. The summed E-state index contributed by atoms with van der Waals surface area (Å²) in [7, 11) is -0.254. The summed E-state index contributed by atoms with van der Waals surface area (Å²) in [4.78, 5) is 32.5. The number of rotatable bonds is 6. The van der Waals surface area contributed by atoms with Crippen LogP contribution in [0.5, 0.6) is 0 Å². The molecule has 6 nitrogen and oxygen atoms in total. The minimum Gasteiger partial charge on any atom is -0.361 e. The van der Waals surface area contributed by atoms with Crippen molar-refractivity contribution in [3.8, 4) is 0 Å². The summed E-state index contributed by atoms with van der Waals surface area (Å²) in [6.45, 7) is 10.1. The number of benzene rings is 1. The molecular formula is C23H25N3O3S. The third kappa shape index (κ3) is 4.24. The SMILES string of the molecule is [C-]#[N+]C(C(=O)[C@H]1CN(Cc2cc(C)on2)C(=O)[C@@H]1Cc1ccccc1)=S1CCCC1. The van der Waals surface area contributed by atoms with Crippen molar-refractivity contribution in [2.24, 2.45) is 11.8 Å². The van der Waals surface area contributed by atoms with Gasteiger partial charge in [-0.25, -0.2) is 4.85 Å². The van der Waals surface area contributed by atoms with E-state index in [0.29, 0.717) is 36.0 Å². The molecule has 1 aromatic heterocycles. The van der Waals surface area contributed by atoms with Crippen molar-refractivity contribution in [1.29, 1.82) is 0 Å². The highest BCUT2D eigenvalue weighted by molar-refractivity contribution is 8.17. The molecule has 0 bridgehead atoms. The van der Waals surface area contributed by atoms with Crippen molar-refractivity contribution in [2.45, 2.75) is 32.7 Å². The normalized spacial score (nSPS) is 21.7. The first-order valence-electron chi connectivity index (χ1n) is 10.3. The molecule has 2 aliphatic rings. The Morgan fingerprint density at radius 3 is 2.67 bits per heavy atom. The van der Waals surface area contributed by atoms with E-state index in [-0.39, 0.29) is 22.2 Å². The number of nitrogens with zero attached hydrogens (tertiary/aromatic N) is 3. The summed E-state index contributed by atoms with van der Waals surface area (Å²) in [6.07, 6.45) is 2.65. The van der Waals surface area contributed by atoms with Gasteiger partial charge in [0.05, 0.1) is 19.0 Å². The smallest absolute Gasteiger partial charge is 0.255 e. The Bertz CT molecular complexity index is 1010. The van der Waals surface area contributed by atoms with E-state index >= 15 is 0 Å². The Balaban J connectivity index is 1.62. The van der Waals surface area contributed by atoms with Crippen LogP contribution in [0.3, 0.4) is 0 Å². The van der Waals surface area contributed by atoms with Gasteiger partial charge in [0.25, 0.3) is 4.99 Å². The predicted octanol–water partition coefficient (Wildman–Crippen LogP) is 3.48. The average molecular weight is 424 g/mol. The maximum atomic E-state index is 13.5. The maximum absolute atomic E-state index is 13.5. The van der Waals surface area contributed by atoms with Crippen LogP contribution >= 0.6 is 10.5 Å². The Morgan fingerprint density at radius 1 is 1.30 bits per heavy atom. The summed E-state index contributed by atoms with van der Waals surface area (Å²) >= 11 is 0. The number of carbonyl (C=O) groups excluding carboxylic acids is 2. The maximum Gasteiger partial charge on any atom is 0.255 e. The van der Waals surface area contributed by atoms with Gasteiger partial charge in [-0.15, -0.1) is 0 Å². The van der Waals surface area contributed by atoms with Crippen LogP contribution in [0.25, 0.3) is 4.85 Å². The van der Waals surface area contributed by atoms with Crippen LogP contribution < -0.4 is 0 Å². The fourth-order valence-corrected chi connectivity index (χ4v) is 6.58. The molecule has 2 aliphatic heterocycles. The first-order chi connectivity index (χ1) is 14.6. The van der Waals surface area contributed by atoms with E-state index < -0.39 is 11.8 Å². The molecule has 30 heavy (non-hydrogen) atoms. The largest absolute Gasteiger partial charge is 0.361 e. The van der Waals surface area contributed by atoms with Crippen LogP contribution in [-0.2, 0) is 22.6 Å². The molecule has 0 aliphatic carbocycles. The van der Waals surface area contributed by atoms with Crippen LogP contribution in [0.15, 0.2) is 40.9 Å². The standard InChI is InChI=1S/C23H25N3O3S/c1-16-12-18(25-29-16)14-26-15-20(21(27)22(24-2)30-10-6-7-11-30)19(23(26)28)13-17-8-4-3-5-9-17/h3-5,8-9,12,19-20H,6-7,10-11,13-15H2,1H3/t19-,20+/m1/s1. The van der Waals surface area contributed by atoms with Gasteiger partial charge in [0.2, 0.25) is 5.91 Å². The van der Waals surface area contributed by atoms with E-state index in [1.807, 2.05) is 43.3 Å². The topological polar surface area (TPSA) is 67.8 Å². The molecule has 0 spiro atoms. The number of hydrogen-bond acceptors (Lipinski definition) is 4. The summed E-state index contributed by atoms with van der Waals surface area (Å²) < 4.78 is 5.13. The second kappa shape index (κ2) is 8.97. The number of aryl methyl sites for hydroxylation is 1. The van der Waals surface area contributed by atoms with E-state index in [1.165, 1.54) is 0 Å². The number of hydrogen-bond donors (Lipinski definition) is 0. The highest BCUT2D eigenvalue weighted by Gasteiger charge is 2.45. The molecule has 1 amide bonds. The van der Waals surface area contributed by atoms with Crippen molar-refractivity contribution in [3.05, 3.63) is 64.8 Å². The number of ketones is 1. The molecule has 2 fully saturated rings. The number of carbonyl (C=O) groups is 2. The third-order valence-electron chi connectivity index (χ3n) is 5.81. The number of likely N-dealkylation sites (tertiary alicyclic amines) is 1. The predicted molar refractivity (Wildman–Crippen MR) is 117 cm³/mol. The van der Waals surface area contributed by atoms with Gasteiger partial charge in [0, 0.05) is 18.5 Å². The van der Waals surface area contributed by atoms with Gasteiger partial charge < -0.3 is 14.2 Å². The molecule has 3 heterocycles. The highest BCUT2D eigenvalue weighted by Crippen LogP contribution is 2.34. The average Bonchev–Trinajstić information content (AvgIpc) is 3.48. The second-order valence-corrected chi connectivity index (χ2v) is 10.1. The molecule has 7 heteroatoms. The minimum atomic E-state index is -0.483. The molecular weight excluding hydrogens is 398 g/mol. The molecule has 0 radical (unpaired) electrons. The van der Waals surface area contributed by atoms with Crippen LogP contribution in [0, 0.1) is 25.3 Å². The minimum absolute atomic E-state index is 0.0445. The summed E-state index contributed by atoms with van der Waals surface area (Å²) in [5, 5.41) is 4.00. The zero-order valence-corrected chi connectivity index (χ0v) is 17.9. The lowest BCUT2D eigenvalue weighted by Crippen LogP contribution is -2.30. The van der Waals surface area contributed by atoms with Gasteiger partial charge in [-0.1, -0.05) is 35.5 Å². The first-order valence-corrected chi connectivity index (χ1v) is 11.8. The molecule has 2 atom stereocenters. The summed E-state index contributed by atoms with van der Waals surface area (Å²) in [5.41, 5.74) is 1.71. The van der Waals surface area contributed by atoms with Crippen molar-refractivity contribution < 1.29 is 14.1 Å². The van der Waals surface area contributed by atoms with Crippen LogP contribution in [0.4, 0.5) is 0 Å². The quantitative estimate of drug-likeness (QED) is 0.527.